The predicted octanol–water partition coefficient (Wildman–Crippen LogP) is 1.92. The van der Waals surface area contributed by atoms with E-state index in [2.05, 4.69) is 5.32 Å². The number of benzene rings is 1. The van der Waals surface area contributed by atoms with Gasteiger partial charge in [-0.2, -0.15) is 0 Å². The highest BCUT2D eigenvalue weighted by Gasteiger charge is 2.26. The maximum absolute atomic E-state index is 13.5. The third-order valence-electron chi connectivity index (χ3n) is 2.18. The summed E-state index contributed by atoms with van der Waals surface area (Å²) in [6.45, 7) is 2.16. The highest BCUT2D eigenvalue weighted by molar-refractivity contribution is 7.89. The van der Waals surface area contributed by atoms with Gasteiger partial charge in [-0.3, -0.25) is 4.79 Å². The van der Waals surface area contributed by atoms with Crippen LogP contribution in [0.1, 0.15) is 23.7 Å². The third kappa shape index (κ3) is 3.56. The van der Waals surface area contributed by atoms with Crippen molar-refractivity contribution in [2.45, 2.75) is 18.2 Å². The van der Waals surface area contributed by atoms with Crippen LogP contribution in [0.2, 0.25) is 10.0 Å². The molecule has 0 atom stereocenters. The largest absolute Gasteiger partial charge is 0.352 e. The Kier molecular flexibility index (Phi) is 5.14. The summed E-state index contributed by atoms with van der Waals surface area (Å²) in [6.07, 6.45) is 0.654. The second kappa shape index (κ2) is 6.04. The number of hydrogen-bond donors (Lipinski definition) is 2. The topological polar surface area (TPSA) is 89.3 Å². The van der Waals surface area contributed by atoms with Gasteiger partial charge in [-0.1, -0.05) is 30.1 Å². The first-order valence-electron chi connectivity index (χ1n) is 5.18. The number of carbonyl (C=O) groups is 1. The average Bonchev–Trinajstić information content (AvgIpc) is 2.29. The van der Waals surface area contributed by atoms with Crippen molar-refractivity contribution < 1.29 is 17.6 Å². The number of sulfonamides is 1. The SMILES string of the molecule is CCCNC(=O)c1cc(F)c(Cl)c(S(N)(=O)=O)c1Cl. The number of nitrogens with one attached hydrogen (secondary N) is 1. The second-order valence-electron chi connectivity index (χ2n) is 3.66. The van der Waals surface area contributed by atoms with Gasteiger partial charge in [0.25, 0.3) is 5.91 Å². The highest BCUT2D eigenvalue weighted by Crippen LogP contribution is 2.33. The van der Waals surface area contributed by atoms with Crippen molar-refractivity contribution in [1.82, 2.24) is 5.32 Å². The summed E-state index contributed by atoms with van der Waals surface area (Å²) in [7, 11) is -4.35. The molecule has 0 saturated carbocycles. The summed E-state index contributed by atoms with van der Waals surface area (Å²) < 4.78 is 36.2. The van der Waals surface area contributed by atoms with Crippen LogP contribution >= 0.6 is 23.2 Å². The molecular weight excluding hydrogens is 318 g/mol. The summed E-state index contributed by atoms with van der Waals surface area (Å²) in [4.78, 5) is 10.9. The zero-order valence-electron chi connectivity index (χ0n) is 9.84. The van der Waals surface area contributed by atoms with Crippen molar-refractivity contribution in [2.24, 2.45) is 5.14 Å². The van der Waals surface area contributed by atoms with Gasteiger partial charge in [0.05, 0.1) is 15.6 Å². The van der Waals surface area contributed by atoms with E-state index < -0.39 is 36.7 Å². The average molecular weight is 329 g/mol. The summed E-state index contributed by atoms with van der Waals surface area (Å²) in [6, 6.07) is 0.768. The molecule has 1 aromatic carbocycles. The molecule has 0 aliphatic carbocycles. The van der Waals surface area contributed by atoms with Crippen LogP contribution in [0.25, 0.3) is 0 Å². The van der Waals surface area contributed by atoms with Crippen LogP contribution < -0.4 is 10.5 Å². The Labute approximate surface area is 119 Å². The van der Waals surface area contributed by atoms with Crippen molar-refractivity contribution in [3.05, 3.63) is 27.5 Å². The molecule has 1 aromatic rings. The van der Waals surface area contributed by atoms with E-state index in [1.165, 1.54) is 0 Å². The van der Waals surface area contributed by atoms with Gasteiger partial charge in [-0.15, -0.1) is 0 Å². The molecule has 0 aliphatic heterocycles. The lowest BCUT2D eigenvalue weighted by atomic mass is 10.2. The first-order chi connectivity index (χ1) is 8.70. The van der Waals surface area contributed by atoms with Crippen molar-refractivity contribution in [2.75, 3.05) is 6.54 Å². The highest BCUT2D eigenvalue weighted by atomic mass is 35.5. The van der Waals surface area contributed by atoms with E-state index in [-0.39, 0.29) is 5.56 Å². The maximum Gasteiger partial charge on any atom is 0.252 e. The van der Waals surface area contributed by atoms with E-state index in [4.69, 9.17) is 28.3 Å². The minimum Gasteiger partial charge on any atom is -0.352 e. The molecule has 1 rings (SSSR count). The lowest BCUT2D eigenvalue weighted by molar-refractivity contribution is 0.0953. The number of nitrogens with two attached hydrogens (primary N) is 1. The fourth-order valence-corrected chi connectivity index (χ4v) is 3.11. The predicted molar refractivity (Wildman–Crippen MR) is 70.4 cm³/mol. The Morgan fingerprint density at radius 1 is 1.42 bits per heavy atom. The number of halogens is 3. The van der Waals surface area contributed by atoms with Gasteiger partial charge in [0.2, 0.25) is 10.0 Å². The minimum atomic E-state index is -4.35. The Bertz CT molecular complexity index is 620. The van der Waals surface area contributed by atoms with Crippen LogP contribution in [0.15, 0.2) is 11.0 Å². The van der Waals surface area contributed by atoms with Gasteiger partial charge < -0.3 is 5.32 Å². The first kappa shape index (κ1) is 16.2. The minimum absolute atomic E-state index is 0.332. The van der Waals surface area contributed by atoms with Gasteiger partial charge in [-0.05, 0) is 12.5 Å². The lowest BCUT2D eigenvalue weighted by Gasteiger charge is -2.11. The van der Waals surface area contributed by atoms with Crippen molar-refractivity contribution in [3.63, 3.8) is 0 Å². The zero-order chi connectivity index (χ0) is 14.8. The van der Waals surface area contributed by atoms with E-state index in [0.717, 1.165) is 6.07 Å². The Hall–Kier alpha value is -0.890. The van der Waals surface area contributed by atoms with Gasteiger partial charge in [0.1, 0.15) is 10.7 Å². The Morgan fingerprint density at radius 3 is 2.47 bits per heavy atom. The summed E-state index contributed by atoms with van der Waals surface area (Å²) in [5.74, 6) is -1.79. The number of primary sulfonamides is 1. The number of amides is 1. The number of rotatable bonds is 4. The molecule has 0 unspecified atom stereocenters. The molecule has 0 spiro atoms. The summed E-state index contributed by atoms with van der Waals surface area (Å²) >= 11 is 11.3. The molecule has 3 N–H and O–H groups in total. The number of hydrogen-bond acceptors (Lipinski definition) is 3. The van der Waals surface area contributed by atoms with Gasteiger partial charge in [0.15, 0.2) is 0 Å². The molecular formula is C10H11Cl2FN2O3S. The van der Waals surface area contributed by atoms with Crippen molar-refractivity contribution in [3.8, 4) is 0 Å². The smallest absolute Gasteiger partial charge is 0.252 e. The third-order valence-corrected chi connectivity index (χ3v) is 4.14. The van der Waals surface area contributed by atoms with Crippen LogP contribution in [0.4, 0.5) is 4.39 Å². The van der Waals surface area contributed by atoms with Crippen LogP contribution in [-0.4, -0.2) is 20.9 Å². The van der Waals surface area contributed by atoms with E-state index in [1.54, 1.807) is 0 Å². The van der Waals surface area contributed by atoms with Crippen LogP contribution in [0.3, 0.4) is 0 Å². The molecule has 0 heterocycles. The maximum atomic E-state index is 13.5. The molecule has 106 valence electrons. The standard InChI is InChI=1S/C10H11Cl2FN2O3S/c1-2-3-15-10(16)5-4-6(13)8(12)9(7(5)11)19(14,17)18/h4H,2-3H2,1H3,(H,15,16)(H2,14,17,18). The van der Waals surface area contributed by atoms with Crippen LogP contribution in [0.5, 0.6) is 0 Å². The van der Waals surface area contributed by atoms with Crippen molar-refractivity contribution in [1.29, 1.82) is 0 Å². The summed E-state index contributed by atoms with van der Waals surface area (Å²) in [5, 5.41) is 6.11. The van der Waals surface area contributed by atoms with Gasteiger partial charge in [-0.25, -0.2) is 17.9 Å². The van der Waals surface area contributed by atoms with Crippen LogP contribution in [0, 0.1) is 5.82 Å². The quantitative estimate of drug-likeness (QED) is 0.827. The monoisotopic (exact) mass is 328 g/mol. The fraction of sp³-hybridized carbons (Fsp3) is 0.300. The van der Waals surface area contributed by atoms with Crippen molar-refractivity contribution >= 4 is 39.1 Å². The molecule has 1 amide bonds. The van der Waals surface area contributed by atoms with E-state index in [0.29, 0.717) is 13.0 Å². The zero-order valence-corrected chi connectivity index (χ0v) is 12.2. The second-order valence-corrected chi connectivity index (χ2v) is 5.92. The van der Waals surface area contributed by atoms with E-state index in [1.807, 2.05) is 6.92 Å². The first-order valence-corrected chi connectivity index (χ1v) is 7.48. The molecule has 0 radical (unpaired) electrons. The van der Waals surface area contributed by atoms with E-state index in [9.17, 15) is 17.6 Å². The molecule has 19 heavy (non-hydrogen) atoms. The molecule has 5 nitrogen and oxygen atoms in total. The molecule has 0 bridgehead atoms. The van der Waals surface area contributed by atoms with Crippen LogP contribution in [-0.2, 0) is 10.0 Å². The summed E-state index contributed by atoms with van der Waals surface area (Å²) in [5.41, 5.74) is -0.332. The number of carbonyl (C=O) groups excluding carboxylic acids is 1. The van der Waals surface area contributed by atoms with Gasteiger partial charge in [0, 0.05) is 6.54 Å². The molecule has 0 aliphatic rings. The Morgan fingerprint density at radius 2 is 2.00 bits per heavy atom. The van der Waals surface area contributed by atoms with E-state index >= 15 is 0 Å². The molecule has 0 saturated heterocycles. The molecule has 9 heteroatoms. The Balaban J connectivity index is 3.45. The lowest BCUT2D eigenvalue weighted by Crippen LogP contribution is -2.25. The molecule has 0 fully saturated rings. The normalized spacial score (nSPS) is 11.4. The fourth-order valence-electron chi connectivity index (χ4n) is 1.33. The molecule has 0 aromatic heterocycles. The van der Waals surface area contributed by atoms with Gasteiger partial charge >= 0.3 is 0 Å².